The fourth-order valence-electron chi connectivity index (χ4n) is 4.36. The van der Waals surface area contributed by atoms with Gasteiger partial charge in [0.15, 0.2) is 15.1 Å². The van der Waals surface area contributed by atoms with E-state index in [-0.39, 0.29) is 35.9 Å². The number of aryl methyl sites for hydroxylation is 1. The largest absolute Gasteiger partial charge is 0.384 e. The average Bonchev–Trinajstić information content (AvgIpc) is 3.81. The first-order valence-corrected chi connectivity index (χ1v) is 15.6. The van der Waals surface area contributed by atoms with E-state index in [0.717, 1.165) is 52.8 Å². The molecule has 2 saturated carbocycles. The summed E-state index contributed by atoms with van der Waals surface area (Å²) in [6.45, 7) is 1.62. The summed E-state index contributed by atoms with van der Waals surface area (Å²) < 4.78 is 32.3. The van der Waals surface area contributed by atoms with Crippen molar-refractivity contribution in [3.05, 3.63) is 58.8 Å². The molecule has 1 aliphatic heterocycles. The number of methoxy groups -OCH3 is 1. The van der Waals surface area contributed by atoms with E-state index in [2.05, 4.69) is 21.7 Å². The normalized spacial score (nSPS) is 22.5. The number of benzene rings is 1. The van der Waals surface area contributed by atoms with Gasteiger partial charge < -0.3 is 15.4 Å². The minimum absolute atomic E-state index is 0.0548. The first-order valence-electron chi connectivity index (χ1n) is 13.1. The van der Waals surface area contributed by atoms with Gasteiger partial charge >= 0.3 is 0 Å². The zero-order valence-corrected chi connectivity index (χ0v) is 23.6. The van der Waals surface area contributed by atoms with Crippen molar-refractivity contribution in [2.45, 2.75) is 43.9 Å². The molecule has 0 saturated heterocycles. The van der Waals surface area contributed by atoms with Gasteiger partial charge in [-0.2, -0.15) is 0 Å². The van der Waals surface area contributed by atoms with Crippen LogP contribution in [0.5, 0.6) is 0 Å². The number of nitrogens with one attached hydrogen (secondary N) is 2. The van der Waals surface area contributed by atoms with E-state index in [0.29, 0.717) is 11.4 Å². The number of sulfone groups is 1. The van der Waals surface area contributed by atoms with Crippen LogP contribution in [0.1, 0.15) is 47.1 Å². The van der Waals surface area contributed by atoms with E-state index in [1.807, 2.05) is 43.5 Å². The predicted molar refractivity (Wildman–Crippen MR) is 153 cm³/mol. The lowest BCUT2D eigenvalue weighted by molar-refractivity contribution is -0.126. The summed E-state index contributed by atoms with van der Waals surface area (Å²) in [6, 6.07) is 4.01. The molecule has 5 rings (SSSR count). The average molecular weight is 569 g/mol. The molecule has 1 unspecified atom stereocenters. The number of fused-ring (bicyclic) bond motifs is 1. The number of carbonyl (C=O) groups excluding carboxylic acids is 2. The first-order chi connectivity index (χ1) is 18.7. The highest BCUT2D eigenvalue weighted by Gasteiger charge is 2.37. The van der Waals surface area contributed by atoms with Crippen LogP contribution in [0, 0.1) is 12.8 Å². The number of thiazole rings is 1. The van der Waals surface area contributed by atoms with Crippen molar-refractivity contribution in [3.8, 4) is 0 Å². The molecular formula is C28H32N4O5S2. The van der Waals surface area contributed by atoms with Crippen molar-refractivity contribution in [1.29, 1.82) is 0 Å². The lowest BCUT2D eigenvalue weighted by Crippen LogP contribution is -2.41. The van der Waals surface area contributed by atoms with Gasteiger partial charge in [-0.25, -0.2) is 13.4 Å². The van der Waals surface area contributed by atoms with Crippen LogP contribution in [0.2, 0.25) is 0 Å². The zero-order valence-electron chi connectivity index (χ0n) is 22.0. The standard InChI is InChI=1S/C28H32N4O5S2/c1-17-13-23-24(14-21(17)19-5-3-4-6-22(29-15-19)18-7-8-18)38-28(32-23)26(39(35,36)12-11-37-2)27(34)30-16-25(33)31-20-9-10-20/h3-6,13-15,18,20,26H,7-12,16H2,1-2H3,(H,30,34)(H,31,33)/b4-3?,5-3+,6-4+,19-5?,19-15+,22-6?,29-15?,29-22+. The molecule has 9 nitrogen and oxygen atoms in total. The third kappa shape index (κ3) is 6.71. The Morgan fingerprint density at radius 2 is 1.92 bits per heavy atom. The van der Waals surface area contributed by atoms with Crippen LogP contribution in [-0.2, 0) is 24.2 Å². The number of hydrogen-bond donors (Lipinski definition) is 2. The van der Waals surface area contributed by atoms with E-state index < -0.39 is 21.0 Å². The Morgan fingerprint density at radius 3 is 2.64 bits per heavy atom. The third-order valence-corrected chi connectivity index (χ3v) is 9.95. The van der Waals surface area contributed by atoms with Crippen molar-refractivity contribution in [3.63, 3.8) is 0 Å². The van der Waals surface area contributed by atoms with Gasteiger partial charge in [0.25, 0.3) is 0 Å². The molecule has 1 aromatic carbocycles. The molecule has 2 fully saturated rings. The van der Waals surface area contributed by atoms with Crippen molar-refractivity contribution in [2.24, 2.45) is 10.9 Å². The first kappa shape index (κ1) is 27.4. The monoisotopic (exact) mass is 568 g/mol. The van der Waals surface area contributed by atoms with E-state index in [1.54, 1.807) is 0 Å². The number of aromatic nitrogens is 1. The van der Waals surface area contributed by atoms with Crippen LogP contribution in [0.3, 0.4) is 0 Å². The van der Waals surface area contributed by atoms with Crippen LogP contribution in [0.4, 0.5) is 0 Å². The lowest BCUT2D eigenvalue weighted by Gasteiger charge is -2.15. The highest BCUT2D eigenvalue weighted by atomic mass is 32.2. The summed E-state index contributed by atoms with van der Waals surface area (Å²) in [4.78, 5) is 34.6. The lowest BCUT2D eigenvalue weighted by atomic mass is 10.00. The smallest absolute Gasteiger partial charge is 0.245 e. The number of nitrogens with zero attached hydrogens (tertiary/aromatic N) is 2. The van der Waals surface area contributed by atoms with E-state index in [9.17, 15) is 18.0 Å². The molecule has 2 aliphatic carbocycles. The van der Waals surface area contributed by atoms with Crippen LogP contribution < -0.4 is 10.6 Å². The Bertz CT molecular complexity index is 1510. The van der Waals surface area contributed by atoms with Crippen molar-refractivity contribution < 1.29 is 22.7 Å². The molecule has 0 bridgehead atoms. The van der Waals surface area contributed by atoms with Gasteiger partial charge in [0.1, 0.15) is 5.01 Å². The summed E-state index contributed by atoms with van der Waals surface area (Å²) in [6.07, 6.45) is 14.1. The summed E-state index contributed by atoms with van der Waals surface area (Å²) in [5.74, 6) is -0.928. The third-order valence-electron chi connectivity index (χ3n) is 6.82. The molecule has 1 aromatic heterocycles. The molecule has 3 aliphatic rings. The molecule has 2 amide bonds. The van der Waals surface area contributed by atoms with Crippen LogP contribution in [0.25, 0.3) is 15.8 Å². The van der Waals surface area contributed by atoms with Crippen LogP contribution in [-0.4, -0.2) is 63.0 Å². The summed E-state index contributed by atoms with van der Waals surface area (Å²) in [5.41, 5.74) is 4.55. The Morgan fingerprint density at radius 1 is 1.15 bits per heavy atom. The molecule has 206 valence electrons. The van der Waals surface area contributed by atoms with Gasteiger partial charge in [-0.1, -0.05) is 18.2 Å². The zero-order chi connectivity index (χ0) is 27.6. The van der Waals surface area contributed by atoms with Gasteiger partial charge in [0.2, 0.25) is 11.8 Å². The molecule has 11 heteroatoms. The fourth-order valence-corrected chi connectivity index (χ4v) is 7.31. The summed E-state index contributed by atoms with van der Waals surface area (Å²) in [7, 11) is -2.57. The van der Waals surface area contributed by atoms with E-state index >= 15 is 0 Å². The van der Waals surface area contributed by atoms with Crippen molar-refractivity contribution >= 4 is 54.5 Å². The number of carbonyl (C=O) groups is 2. The van der Waals surface area contributed by atoms with Crippen molar-refractivity contribution in [2.75, 3.05) is 26.0 Å². The molecule has 0 spiro atoms. The minimum Gasteiger partial charge on any atom is -0.384 e. The van der Waals surface area contributed by atoms with Crippen LogP contribution in [0.15, 0.2) is 47.6 Å². The highest BCUT2D eigenvalue weighted by molar-refractivity contribution is 7.92. The second kappa shape index (κ2) is 11.5. The van der Waals surface area contributed by atoms with Gasteiger partial charge in [0, 0.05) is 36.6 Å². The molecule has 2 heterocycles. The SMILES string of the molecule is COCCS(=O)(=O)C(C(=O)NCC(=O)NC1CC1)c1nc2cc(C)c(C3=C/N=C(C4CC4)\C=C\C=C\3)cc2s1. The number of aliphatic imine (C=N–C) groups is 1. The topological polar surface area (TPSA) is 127 Å². The predicted octanol–water partition coefficient (Wildman–Crippen LogP) is 3.42. The fraction of sp³-hybridized carbons (Fsp3) is 0.429. The van der Waals surface area contributed by atoms with Gasteiger partial charge in [-0.3, -0.25) is 14.6 Å². The number of rotatable bonds is 11. The minimum atomic E-state index is -3.97. The Hall–Kier alpha value is -3.15. The van der Waals surface area contributed by atoms with Crippen LogP contribution >= 0.6 is 11.3 Å². The second-order valence-corrected chi connectivity index (χ2v) is 13.4. The molecule has 1 atom stereocenters. The molecule has 2 aromatic rings. The number of allylic oxidation sites excluding steroid dienone is 5. The van der Waals surface area contributed by atoms with Crippen molar-refractivity contribution in [1.82, 2.24) is 15.6 Å². The number of amides is 2. The highest BCUT2D eigenvalue weighted by Crippen LogP contribution is 2.36. The molecule has 39 heavy (non-hydrogen) atoms. The molecule has 2 N–H and O–H groups in total. The summed E-state index contributed by atoms with van der Waals surface area (Å²) >= 11 is 1.17. The van der Waals surface area contributed by atoms with Gasteiger partial charge in [0.05, 0.1) is 29.1 Å². The van der Waals surface area contributed by atoms with Gasteiger partial charge in [-0.15, -0.1) is 11.3 Å². The Balaban J connectivity index is 1.45. The number of hydrogen-bond acceptors (Lipinski definition) is 8. The second-order valence-electron chi connectivity index (χ2n) is 10.1. The maximum absolute atomic E-state index is 13.3. The van der Waals surface area contributed by atoms with E-state index in [4.69, 9.17) is 9.73 Å². The van der Waals surface area contributed by atoms with E-state index in [1.165, 1.54) is 18.4 Å². The maximum Gasteiger partial charge on any atom is 0.245 e. The quantitative estimate of drug-likeness (QED) is 0.428. The Labute approximate surface area is 232 Å². The number of ether oxygens (including phenoxy) is 1. The maximum atomic E-state index is 13.3. The molecular weight excluding hydrogens is 536 g/mol. The molecule has 0 radical (unpaired) electrons. The Kier molecular flexibility index (Phi) is 8.11. The summed E-state index contributed by atoms with van der Waals surface area (Å²) in [5, 5.41) is 3.91. The van der Waals surface area contributed by atoms with Gasteiger partial charge in [-0.05, 0) is 61.9 Å².